The van der Waals surface area contributed by atoms with Crippen LogP contribution >= 0.6 is 0 Å². The molecular formula is C17H21N3O. The molecule has 1 aliphatic heterocycles. The first-order chi connectivity index (χ1) is 10.2. The van der Waals surface area contributed by atoms with Gasteiger partial charge in [0.15, 0.2) is 0 Å². The third kappa shape index (κ3) is 3.28. The number of ether oxygens (including phenoxy) is 1. The molecule has 2 aromatic carbocycles. The van der Waals surface area contributed by atoms with Gasteiger partial charge in [0.2, 0.25) is 0 Å². The Balaban J connectivity index is 1.73. The maximum Gasteiger partial charge on any atom is 0.0642 e. The minimum Gasteiger partial charge on any atom is -0.397 e. The van der Waals surface area contributed by atoms with E-state index < -0.39 is 0 Å². The van der Waals surface area contributed by atoms with Gasteiger partial charge in [-0.1, -0.05) is 6.07 Å². The Bertz CT molecular complexity index is 604. The summed E-state index contributed by atoms with van der Waals surface area (Å²) in [5, 5.41) is 3.37. The molecule has 0 bridgehead atoms. The minimum absolute atomic E-state index is 0.762. The van der Waals surface area contributed by atoms with Gasteiger partial charge in [0.1, 0.15) is 0 Å². The van der Waals surface area contributed by atoms with E-state index in [1.807, 2.05) is 12.1 Å². The van der Waals surface area contributed by atoms with Crippen LogP contribution in [0.25, 0.3) is 0 Å². The second-order valence-corrected chi connectivity index (χ2v) is 5.36. The maximum atomic E-state index is 6.00. The van der Waals surface area contributed by atoms with Crippen molar-refractivity contribution in [2.75, 3.05) is 42.3 Å². The van der Waals surface area contributed by atoms with Crippen molar-refractivity contribution >= 4 is 22.7 Å². The Hall–Kier alpha value is -2.20. The molecular weight excluding hydrogens is 262 g/mol. The highest BCUT2D eigenvalue weighted by molar-refractivity contribution is 5.73. The molecule has 0 saturated carbocycles. The monoisotopic (exact) mass is 283 g/mol. The molecule has 0 radical (unpaired) electrons. The van der Waals surface area contributed by atoms with Gasteiger partial charge in [-0.25, -0.2) is 0 Å². The summed E-state index contributed by atoms with van der Waals surface area (Å²) in [6.45, 7) is 5.58. The van der Waals surface area contributed by atoms with Crippen LogP contribution in [0.5, 0.6) is 0 Å². The van der Waals surface area contributed by atoms with Crippen LogP contribution in [-0.4, -0.2) is 26.3 Å². The van der Waals surface area contributed by atoms with Gasteiger partial charge in [0, 0.05) is 24.5 Å². The summed E-state index contributed by atoms with van der Waals surface area (Å²) in [7, 11) is 0. The van der Waals surface area contributed by atoms with Crippen LogP contribution < -0.4 is 16.0 Å². The van der Waals surface area contributed by atoms with Gasteiger partial charge in [0.05, 0.1) is 24.6 Å². The number of anilines is 4. The average molecular weight is 283 g/mol. The first-order valence-electron chi connectivity index (χ1n) is 7.28. The molecule has 4 nitrogen and oxygen atoms in total. The van der Waals surface area contributed by atoms with Crippen LogP contribution in [0, 0.1) is 6.92 Å². The molecule has 4 heteroatoms. The molecule has 1 saturated heterocycles. The number of morpholine rings is 1. The van der Waals surface area contributed by atoms with Crippen molar-refractivity contribution in [1.82, 2.24) is 0 Å². The summed E-state index contributed by atoms with van der Waals surface area (Å²) in [5.41, 5.74) is 11.2. The number of nitrogens with one attached hydrogen (secondary N) is 1. The summed E-state index contributed by atoms with van der Waals surface area (Å²) in [5.74, 6) is 0. The van der Waals surface area contributed by atoms with Crippen molar-refractivity contribution in [3.8, 4) is 0 Å². The normalized spacial score (nSPS) is 15.0. The highest BCUT2D eigenvalue weighted by Crippen LogP contribution is 2.26. The van der Waals surface area contributed by atoms with E-state index >= 15 is 0 Å². The first-order valence-corrected chi connectivity index (χ1v) is 7.28. The Morgan fingerprint density at radius 1 is 1.05 bits per heavy atom. The lowest BCUT2D eigenvalue weighted by Gasteiger charge is -2.29. The van der Waals surface area contributed by atoms with Gasteiger partial charge in [-0.3, -0.25) is 0 Å². The van der Waals surface area contributed by atoms with Crippen LogP contribution in [0.2, 0.25) is 0 Å². The number of hydrogen-bond donors (Lipinski definition) is 2. The van der Waals surface area contributed by atoms with Gasteiger partial charge in [-0.2, -0.15) is 0 Å². The zero-order valence-electron chi connectivity index (χ0n) is 12.3. The van der Waals surface area contributed by atoms with Crippen molar-refractivity contribution in [2.24, 2.45) is 0 Å². The predicted molar refractivity (Wildman–Crippen MR) is 88.3 cm³/mol. The Kier molecular flexibility index (Phi) is 3.97. The summed E-state index contributed by atoms with van der Waals surface area (Å²) in [4.78, 5) is 2.34. The van der Waals surface area contributed by atoms with Gasteiger partial charge in [-0.05, 0) is 48.9 Å². The standard InChI is InChI=1S/C17H21N3O/c1-13-2-7-16(18)17(12-13)19-14-3-5-15(6-4-14)20-8-10-21-11-9-20/h2-7,12,19H,8-11,18H2,1H3. The molecule has 0 aliphatic carbocycles. The summed E-state index contributed by atoms with van der Waals surface area (Å²) >= 11 is 0. The fourth-order valence-corrected chi connectivity index (χ4v) is 2.51. The van der Waals surface area contributed by atoms with E-state index in [-0.39, 0.29) is 0 Å². The summed E-state index contributed by atoms with van der Waals surface area (Å²) < 4.78 is 5.38. The van der Waals surface area contributed by atoms with Crippen molar-refractivity contribution in [2.45, 2.75) is 6.92 Å². The number of nitrogens with zero attached hydrogens (tertiary/aromatic N) is 1. The highest BCUT2D eigenvalue weighted by atomic mass is 16.5. The highest BCUT2D eigenvalue weighted by Gasteiger charge is 2.10. The van der Waals surface area contributed by atoms with Gasteiger partial charge >= 0.3 is 0 Å². The molecule has 2 aromatic rings. The molecule has 0 spiro atoms. The quantitative estimate of drug-likeness (QED) is 0.850. The van der Waals surface area contributed by atoms with E-state index in [4.69, 9.17) is 10.5 Å². The fraction of sp³-hybridized carbons (Fsp3) is 0.294. The molecule has 1 fully saturated rings. The smallest absolute Gasteiger partial charge is 0.0642 e. The number of benzene rings is 2. The molecule has 3 rings (SSSR count). The van der Waals surface area contributed by atoms with E-state index in [1.54, 1.807) is 0 Å². The Morgan fingerprint density at radius 3 is 2.48 bits per heavy atom. The fourth-order valence-electron chi connectivity index (χ4n) is 2.51. The number of nitrogen functional groups attached to an aromatic ring is 1. The summed E-state index contributed by atoms with van der Waals surface area (Å²) in [6, 6.07) is 14.5. The van der Waals surface area contributed by atoms with Crippen molar-refractivity contribution in [3.05, 3.63) is 48.0 Å². The molecule has 3 N–H and O–H groups in total. The molecule has 1 aliphatic rings. The molecule has 1 heterocycles. The maximum absolute atomic E-state index is 6.00. The largest absolute Gasteiger partial charge is 0.397 e. The van der Waals surface area contributed by atoms with Crippen LogP contribution in [-0.2, 0) is 4.74 Å². The van der Waals surface area contributed by atoms with Crippen LogP contribution in [0.4, 0.5) is 22.7 Å². The molecule has 21 heavy (non-hydrogen) atoms. The van der Waals surface area contributed by atoms with Gasteiger partial charge in [0.25, 0.3) is 0 Å². The lowest BCUT2D eigenvalue weighted by Crippen LogP contribution is -2.36. The topological polar surface area (TPSA) is 50.5 Å². The number of nitrogens with two attached hydrogens (primary N) is 1. The van der Waals surface area contributed by atoms with Crippen molar-refractivity contribution in [3.63, 3.8) is 0 Å². The van der Waals surface area contributed by atoms with Crippen molar-refractivity contribution in [1.29, 1.82) is 0 Å². The SMILES string of the molecule is Cc1ccc(N)c(Nc2ccc(N3CCOCC3)cc2)c1. The summed E-state index contributed by atoms with van der Waals surface area (Å²) in [6.07, 6.45) is 0. The first kappa shape index (κ1) is 13.8. The van der Waals surface area contributed by atoms with E-state index in [2.05, 4.69) is 47.5 Å². The van der Waals surface area contributed by atoms with E-state index in [0.29, 0.717) is 0 Å². The molecule has 0 atom stereocenters. The van der Waals surface area contributed by atoms with E-state index in [9.17, 15) is 0 Å². The third-order valence-electron chi connectivity index (χ3n) is 3.73. The second-order valence-electron chi connectivity index (χ2n) is 5.36. The third-order valence-corrected chi connectivity index (χ3v) is 3.73. The predicted octanol–water partition coefficient (Wildman–Crippen LogP) is 3.16. The number of aryl methyl sites for hydroxylation is 1. The lowest BCUT2D eigenvalue weighted by atomic mass is 10.2. The van der Waals surface area contributed by atoms with Crippen LogP contribution in [0.3, 0.4) is 0 Å². The second kappa shape index (κ2) is 6.06. The molecule has 110 valence electrons. The van der Waals surface area contributed by atoms with E-state index in [1.165, 1.54) is 11.3 Å². The Morgan fingerprint density at radius 2 is 1.76 bits per heavy atom. The minimum atomic E-state index is 0.762. The zero-order chi connectivity index (χ0) is 14.7. The molecule has 0 amide bonds. The van der Waals surface area contributed by atoms with E-state index in [0.717, 1.165) is 43.4 Å². The van der Waals surface area contributed by atoms with Gasteiger partial charge in [-0.15, -0.1) is 0 Å². The lowest BCUT2D eigenvalue weighted by molar-refractivity contribution is 0.122. The Labute approximate surface area is 125 Å². The van der Waals surface area contributed by atoms with Crippen molar-refractivity contribution < 1.29 is 4.74 Å². The van der Waals surface area contributed by atoms with Crippen LogP contribution in [0.1, 0.15) is 5.56 Å². The molecule has 0 unspecified atom stereocenters. The number of hydrogen-bond acceptors (Lipinski definition) is 4. The number of rotatable bonds is 3. The zero-order valence-corrected chi connectivity index (χ0v) is 12.3. The average Bonchev–Trinajstić information content (AvgIpc) is 2.53. The molecule has 0 aromatic heterocycles. The van der Waals surface area contributed by atoms with Crippen LogP contribution in [0.15, 0.2) is 42.5 Å². The van der Waals surface area contributed by atoms with Gasteiger partial charge < -0.3 is 20.7 Å².